The van der Waals surface area contributed by atoms with Crippen LogP contribution in [0.4, 0.5) is 0 Å². The molecular weight excluding hydrogens is 246 g/mol. The molecule has 1 atom stereocenters. The standard InChI is InChI=1S/C14H25NO4/c1-9(2)10-4-6-11(7-5-10)13(16)15-8-12(19-3)14(17)18/h9-12H,4-8H2,1-3H3,(H,15,16)(H,17,18). The minimum atomic E-state index is -1.05. The van der Waals surface area contributed by atoms with Crippen molar-refractivity contribution in [2.45, 2.75) is 45.6 Å². The van der Waals surface area contributed by atoms with E-state index in [1.807, 2.05) is 0 Å². The molecule has 5 nitrogen and oxygen atoms in total. The van der Waals surface area contributed by atoms with Crippen LogP contribution in [0.15, 0.2) is 0 Å². The Morgan fingerprint density at radius 1 is 1.26 bits per heavy atom. The van der Waals surface area contributed by atoms with E-state index in [9.17, 15) is 9.59 Å². The highest BCUT2D eigenvalue weighted by Gasteiger charge is 2.28. The van der Waals surface area contributed by atoms with Crippen LogP contribution < -0.4 is 5.32 Å². The summed E-state index contributed by atoms with van der Waals surface area (Å²) in [6.07, 6.45) is 3.01. The molecule has 0 aliphatic heterocycles. The summed E-state index contributed by atoms with van der Waals surface area (Å²) in [5.41, 5.74) is 0. The number of carbonyl (C=O) groups excluding carboxylic acids is 1. The maximum absolute atomic E-state index is 12.0. The Kier molecular flexibility index (Phi) is 6.28. The van der Waals surface area contributed by atoms with Crippen molar-refractivity contribution >= 4 is 11.9 Å². The number of hydrogen-bond donors (Lipinski definition) is 2. The Morgan fingerprint density at radius 3 is 2.26 bits per heavy atom. The van der Waals surface area contributed by atoms with Crippen LogP contribution in [0.1, 0.15) is 39.5 Å². The van der Waals surface area contributed by atoms with E-state index in [0.29, 0.717) is 5.92 Å². The second-order valence-electron chi connectivity index (χ2n) is 5.66. The number of nitrogens with one attached hydrogen (secondary N) is 1. The third kappa shape index (κ3) is 4.82. The van der Waals surface area contributed by atoms with Gasteiger partial charge in [0.2, 0.25) is 5.91 Å². The van der Waals surface area contributed by atoms with Gasteiger partial charge in [-0.25, -0.2) is 4.79 Å². The molecule has 2 N–H and O–H groups in total. The van der Waals surface area contributed by atoms with Gasteiger partial charge in [0.25, 0.3) is 0 Å². The zero-order valence-electron chi connectivity index (χ0n) is 12.0. The van der Waals surface area contributed by atoms with Crippen LogP contribution in [0, 0.1) is 17.8 Å². The normalized spacial score (nSPS) is 25.1. The second-order valence-corrected chi connectivity index (χ2v) is 5.66. The quantitative estimate of drug-likeness (QED) is 0.770. The first kappa shape index (κ1) is 16.0. The minimum absolute atomic E-state index is 0.0290. The molecule has 5 heteroatoms. The van der Waals surface area contributed by atoms with Gasteiger partial charge in [0.05, 0.1) is 6.54 Å². The SMILES string of the molecule is COC(CNC(=O)C1CCC(C(C)C)CC1)C(=O)O. The highest BCUT2D eigenvalue weighted by Crippen LogP contribution is 2.33. The molecule has 0 aromatic rings. The molecule has 0 heterocycles. The Labute approximate surface area is 114 Å². The van der Waals surface area contributed by atoms with Crippen molar-refractivity contribution in [2.24, 2.45) is 17.8 Å². The molecule has 1 rings (SSSR count). The lowest BCUT2D eigenvalue weighted by atomic mass is 9.77. The molecule has 0 bridgehead atoms. The predicted molar refractivity (Wildman–Crippen MR) is 71.7 cm³/mol. The average Bonchev–Trinajstić information content (AvgIpc) is 2.38. The van der Waals surface area contributed by atoms with Gasteiger partial charge in [-0.1, -0.05) is 13.8 Å². The van der Waals surface area contributed by atoms with E-state index in [1.165, 1.54) is 7.11 Å². The summed E-state index contributed by atoms with van der Waals surface area (Å²) < 4.78 is 4.78. The van der Waals surface area contributed by atoms with Gasteiger partial charge < -0.3 is 15.2 Å². The highest BCUT2D eigenvalue weighted by molar-refractivity contribution is 5.80. The number of ether oxygens (including phenoxy) is 1. The van der Waals surface area contributed by atoms with Gasteiger partial charge >= 0.3 is 5.97 Å². The van der Waals surface area contributed by atoms with Crippen molar-refractivity contribution in [2.75, 3.05) is 13.7 Å². The van der Waals surface area contributed by atoms with Crippen molar-refractivity contribution in [3.8, 4) is 0 Å². The first-order valence-electron chi connectivity index (χ1n) is 6.99. The smallest absolute Gasteiger partial charge is 0.334 e. The van der Waals surface area contributed by atoms with E-state index in [-0.39, 0.29) is 18.4 Å². The molecule has 110 valence electrons. The van der Waals surface area contributed by atoms with Crippen molar-refractivity contribution < 1.29 is 19.4 Å². The predicted octanol–water partition coefficient (Wildman–Crippen LogP) is 1.66. The third-order valence-electron chi connectivity index (χ3n) is 4.11. The lowest BCUT2D eigenvalue weighted by Gasteiger charge is -2.30. The summed E-state index contributed by atoms with van der Waals surface area (Å²) in [6, 6.07) is 0. The maximum Gasteiger partial charge on any atom is 0.334 e. The Morgan fingerprint density at radius 2 is 1.84 bits per heavy atom. The number of carbonyl (C=O) groups is 2. The lowest BCUT2D eigenvalue weighted by Crippen LogP contribution is -2.41. The number of aliphatic carboxylic acids is 1. The van der Waals surface area contributed by atoms with E-state index in [0.717, 1.165) is 31.6 Å². The molecular formula is C14H25NO4. The third-order valence-corrected chi connectivity index (χ3v) is 4.11. The van der Waals surface area contributed by atoms with Crippen LogP contribution >= 0.6 is 0 Å². The van der Waals surface area contributed by atoms with Gasteiger partial charge in [0.15, 0.2) is 6.10 Å². The second kappa shape index (κ2) is 7.48. The highest BCUT2D eigenvalue weighted by atomic mass is 16.5. The monoisotopic (exact) mass is 271 g/mol. The number of hydrogen-bond acceptors (Lipinski definition) is 3. The largest absolute Gasteiger partial charge is 0.479 e. The van der Waals surface area contributed by atoms with Gasteiger partial charge in [0, 0.05) is 13.0 Å². The summed E-state index contributed by atoms with van der Waals surface area (Å²) >= 11 is 0. The first-order chi connectivity index (χ1) is 8.95. The minimum Gasteiger partial charge on any atom is -0.479 e. The Balaban J connectivity index is 2.33. The molecule has 19 heavy (non-hydrogen) atoms. The fourth-order valence-corrected chi connectivity index (χ4v) is 2.66. The summed E-state index contributed by atoms with van der Waals surface area (Å²) in [6.45, 7) is 4.48. The van der Waals surface area contributed by atoms with E-state index in [1.54, 1.807) is 0 Å². The van der Waals surface area contributed by atoms with Gasteiger partial charge in [0.1, 0.15) is 0 Å². The molecule has 0 aromatic carbocycles. The van der Waals surface area contributed by atoms with E-state index in [4.69, 9.17) is 9.84 Å². The molecule has 0 radical (unpaired) electrons. The summed E-state index contributed by atoms with van der Waals surface area (Å²) in [5.74, 6) is 0.335. The molecule has 1 aliphatic carbocycles. The van der Waals surface area contributed by atoms with Crippen molar-refractivity contribution in [1.82, 2.24) is 5.32 Å². The molecule has 1 fully saturated rings. The number of amides is 1. The molecule has 1 saturated carbocycles. The molecule has 1 unspecified atom stereocenters. The summed E-state index contributed by atoms with van der Waals surface area (Å²) in [5, 5.41) is 11.5. The van der Waals surface area contributed by atoms with E-state index >= 15 is 0 Å². The van der Waals surface area contributed by atoms with Crippen LogP contribution in [0.25, 0.3) is 0 Å². The topological polar surface area (TPSA) is 75.6 Å². The first-order valence-corrected chi connectivity index (χ1v) is 6.99. The zero-order valence-corrected chi connectivity index (χ0v) is 12.0. The number of carboxylic acid groups (broad SMARTS) is 1. The van der Waals surface area contributed by atoms with Gasteiger partial charge in [-0.2, -0.15) is 0 Å². The average molecular weight is 271 g/mol. The Hall–Kier alpha value is -1.10. The van der Waals surface area contributed by atoms with Gasteiger partial charge in [-0.05, 0) is 37.5 Å². The fourth-order valence-electron chi connectivity index (χ4n) is 2.66. The number of carboxylic acids is 1. The van der Waals surface area contributed by atoms with Crippen molar-refractivity contribution in [3.05, 3.63) is 0 Å². The number of rotatable bonds is 6. The van der Waals surface area contributed by atoms with Crippen LogP contribution in [0.5, 0.6) is 0 Å². The molecule has 0 aromatic heterocycles. The van der Waals surface area contributed by atoms with Crippen LogP contribution in [0.3, 0.4) is 0 Å². The Bertz CT molecular complexity index is 309. The van der Waals surface area contributed by atoms with Crippen molar-refractivity contribution in [1.29, 1.82) is 0 Å². The van der Waals surface area contributed by atoms with Crippen LogP contribution in [0.2, 0.25) is 0 Å². The number of methoxy groups -OCH3 is 1. The molecule has 1 amide bonds. The summed E-state index contributed by atoms with van der Waals surface area (Å²) in [7, 11) is 1.33. The van der Waals surface area contributed by atoms with Crippen LogP contribution in [-0.2, 0) is 14.3 Å². The molecule has 0 spiro atoms. The zero-order chi connectivity index (χ0) is 14.4. The molecule has 0 saturated heterocycles. The van der Waals surface area contributed by atoms with Gasteiger partial charge in [-0.15, -0.1) is 0 Å². The fraction of sp³-hybridized carbons (Fsp3) is 0.857. The van der Waals surface area contributed by atoms with Gasteiger partial charge in [-0.3, -0.25) is 4.79 Å². The van der Waals surface area contributed by atoms with E-state index < -0.39 is 12.1 Å². The lowest BCUT2D eigenvalue weighted by molar-refractivity contribution is -0.148. The van der Waals surface area contributed by atoms with Crippen molar-refractivity contribution in [3.63, 3.8) is 0 Å². The maximum atomic E-state index is 12.0. The van der Waals surface area contributed by atoms with Crippen LogP contribution in [-0.4, -0.2) is 36.7 Å². The summed E-state index contributed by atoms with van der Waals surface area (Å²) in [4.78, 5) is 22.7. The van der Waals surface area contributed by atoms with E-state index in [2.05, 4.69) is 19.2 Å². The molecule has 1 aliphatic rings.